The number of nitrogens with one attached hydrogen (secondary N) is 1. The van der Waals surface area contributed by atoms with Crippen molar-refractivity contribution in [1.29, 1.82) is 0 Å². The Kier molecular flexibility index (Phi) is 22.1. The zero-order valence-corrected chi connectivity index (χ0v) is 20.8. The summed E-state index contributed by atoms with van der Waals surface area (Å²) in [6, 6.07) is 7.47. The fraction of sp³-hybridized carbons (Fsp3) is 0.571. The Morgan fingerprint density at radius 1 is 1.10 bits per heavy atom. The maximum Gasteiger partial charge on any atom is 0.407 e. The number of hydrogen-bond acceptors (Lipinski definition) is 5. The van der Waals surface area contributed by atoms with Crippen LogP contribution in [0.1, 0.15) is 54.9 Å². The molecule has 0 aliphatic heterocycles. The van der Waals surface area contributed by atoms with Crippen molar-refractivity contribution < 1.29 is 39.1 Å². The molecule has 0 radical (unpaired) electrons. The Morgan fingerprint density at radius 2 is 1.67 bits per heavy atom. The van der Waals surface area contributed by atoms with Crippen LogP contribution in [0.2, 0.25) is 0 Å². The molecular weight excluding hydrogens is 482 g/mol. The Balaban J connectivity index is -0.000000955. The van der Waals surface area contributed by atoms with Gasteiger partial charge in [0.25, 0.3) is 0 Å². The Bertz CT molecular complexity index is 618. The first-order valence-corrected chi connectivity index (χ1v) is 9.82. The predicted octanol–water partition coefficient (Wildman–Crippen LogP) is 5.03. The molecule has 0 aliphatic rings. The molecule has 1 aromatic carbocycles. The van der Waals surface area contributed by atoms with Crippen LogP contribution in [0.3, 0.4) is 0 Å². The van der Waals surface area contributed by atoms with Crippen LogP contribution in [0.15, 0.2) is 30.6 Å². The zero-order chi connectivity index (χ0) is 22.7. The summed E-state index contributed by atoms with van der Waals surface area (Å²) in [5, 5.41) is 10.3. The molecule has 2 rings (SSSR count). The third-order valence-corrected chi connectivity index (χ3v) is 2.75. The second-order valence-corrected chi connectivity index (χ2v) is 5.94. The number of alkyl halides is 1. The maximum atomic E-state index is 11.5. The molecule has 0 bridgehead atoms. The number of nitrogens with zero attached hydrogens (tertiary/aromatic N) is 3. The zero-order valence-electron chi connectivity index (χ0n) is 19.3. The van der Waals surface area contributed by atoms with Crippen molar-refractivity contribution in [3.8, 4) is 17.1 Å². The van der Waals surface area contributed by atoms with Gasteiger partial charge in [-0.05, 0) is 50.7 Å². The van der Waals surface area contributed by atoms with Crippen molar-refractivity contribution in [3.63, 3.8) is 0 Å². The van der Waals surface area contributed by atoms with Crippen LogP contribution in [-0.4, -0.2) is 42.1 Å². The van der Waals surface area contributed by atoms with Gasteiger partial charge < -0.3 is 24.9 Å². The van der Waals surface area contributed by atoms with Crippen LogP contribution in [0, 0.1) is 0 Å². The normalized spacial score (nSPS) is 9.10. The molecule has 30 heavy (non-hydrogen) atoms. The average Bonchev–Trinajstić information content (AvgIpc) is 3.26. The average molecular weight is 518 g/mol. The summed E-state index contributed by atoms with van der Waals surface area (Å²) in [5.41, 5.74) is 0.407. The van der Waals surface area contributed by atoms with E-state index in [1.54, 1.807) is 0 Å². The first-order valence-electron chi connectivity index (χ1n) is 9.82. The van der Waals surface area contributed by atoms with E-state index in [1.807, 2.05) is 72.7 Å². The van der Waals surface area contributed by atoms with Crippen molar-refractivity contribution in [1.82, 2.24) is 20.5 Å². The number of rotatable bonds is 6. The van der Waals surface area contributed by atoms with Crippen LogP contribution in [0.25, 0.3) is 11.4 Å². The molecular formula is C21H36FN4O3Pd-. The summed E-state index contributed by atoms with van der Waals surface area (Å²) in [6.07, 6.45) is 1.69. The standard InChI is InChI=1S/C16H22N4O3.2C2H6.CH3F.Pd/c1-16(2,3)23-15(21)17-9-4-10-22-13-7-5-12(6-8-13)14-18-11-19-20-14;3*1-2;/h5-8,11H,4,9-10H2,1-3H3,(H2,17,18,19,20,21);2*1-2H3;1H3;/p-1. The van der Waals surface area contributed by atoms with Gasteiger partial charge >= 0.3 is 6.09 Å². The first kappa shape index (κ1) is 32.7. The monoisotopic (exact) mass is 517 g/mol. The number of halogens is 1. The van der Waals surface area contributed by atoms with E-state index in [2.05, 4.69) is 20.5 Å². The maximum absolute atomic E-state index is 11.5. The van der Waals surface area contributed by atoms with E-state index in [0.717, 1.165) is 11.3 Å². The Morgan fingerprint density at radius 3 is 2.13 bits per heavy atom. The number of alkyl carbamates (subject to hydrolysis) is 1. The minimum absolute atomic E-state index is 0. The molecule has 1 amide bonds. The number of carbonyl (C=O) groups excluding carboxylic acids is 1. The fourth-order valence-electron chi connectivity index (χ4n) is 1.79. The van der Waals surface area contributed by atoms with Crippen molar-refractivity contribution in [2.24, 2.45) is 0 Å². The van der Waals surface area contributed by atoms with E-state index in [-0.39, 0.29) is 20.4 Å². The Hall–Kier alpha value is -1.98. The van der Waals surface area contributed by atoms with Crippen molar-refractivity contribution in [3.05, 3.63) is 30.6 Å². The minimum atomic E-state index is -0.483. The quantitative estimate of drug-likeness (QED) is 0.427. The number of aromatic nitrogens is 3. The molecule has 1 aromatic heterocycles. The molecule has 176 valence electrons. The summed E-state index contributed by atoms with van der Waals surface area (Å²) < 4.78 is 20.3. The van der Waals surface area contributed by atoms with Gasteiger partial charge in [0.1, 0.15) is 11.4 Å². The number of benzene rings is 1. The van der Waals surface area contributed by atoms with Gasteiger partial charge in [-0.1, -0.05) is 39.8 Å². The van der Waals surface area contributed by atoms with Crippen molar-refractivity contribution in [2.45, 2.75) is 60.5 Å². The van der Waals surface area contributed by atoms with E-state index in [0.29, 0.717) is 32.6 Å². The molecule has 0 saturated heterocycles. The van der Waals surface area contributed by atoms with Gasteiger partial charge in [0.2, 0.25) is 0 Å². The minimum Gasteiger partial charge on any atom is -0.494 e. The van der Waals surface area contributed by atoms with Gasteiger partial charge in [0.15, 0.2) is 0 Å². The molecule has 0 atom stereocenters. The third kappa shape index (κ3) is 15.9. The molecule has 2 aromatic rings. The summed E-state index contributed by atoms with van der Waals surface area (Å²) in [4.78, 5) is 15.5. The van der Waals surface area contributed by atoms with E-state index in [1.165, 1.54) is 6.33 Å². The summed E-state index contributed by atoms with van der Waals surface area (Å²) >= 11 is 0. The van der Waals surface area contributed by atoms with Gasteiger partial charge in [-0.25, -0.2) is 4.79 Å². The third-order valence-electron chi connectivity index (χ3n) is 2.75. The first-order chi connectivity index (χ1) is 13.9. The molecule has 0 unspecified atom stereocenters. The van der Waals surface area contributed by atoms with E-state index >= 15 is 0 Å². The van der Waals surface area contributed by atoms with Gasteiger partial charge in [-0.3, -0.25) is 9.49 Å². The Labute approximate surface area is 194 Å². The molecule has 0 aliphatic carbocycles. The molecule has 1 heterocycles. The van der Waals surface area contributed by atoms with E-state index in [9.17, 15) is 9.18 Å². The summed E-state index contributed by atoms with van der Waals surface area (Å²) in [7, 11) is 0.500. The van der Waals surface area contributed by atoms with E-state index < -0.39 is 11.7 Å². The second-order valence-electron chi connectivity index (χ2n) is 5.94. The summed E-state index contributed by atoms with van der Waals surface area (Å²) in [6.45, 7) is 14.5. The predicted molar refractivity (Wildman–Crippen MR) is 115 cm³/mol. The smallest absolute Gasteiger partial charge is 0.407 e. The molecule has 0 saturated carbocycles. The largest absolute Gasteiger partial charge is 0.494 e. The molecule has 7 nitrogen and oxygen atoms in total. The number of amides is 1. The molecule has 1 N–H and O–H groups in total. The topological polar surface area (TPSA) is 87.4 Å². The van der Waals surface area contributed by atoms with Crippen LogP contribution in [0.5, 0.6) is 5.75 Å². The molecule has 0 spiro atoms. The number of ether oxygens (including phenoxy) is 2. The summed E-state index contributed by atoms with van der Waals surface area (Å²) in [5.74, 6) is 1.35. The van der Waals surface area contributed by atoms with Crippen molar-refractivity contribution >= 4 is 6.09 Å². The number of hydrogen-bond donors (Lipinski definition) is 1. The van der Waals surface area contributed by atoms with Crippen molar-refractivity contribution in [2.75, 3.05) is 20.3 Å². The SMILES string of the molecule is CC.CC.CC(C)(C)OC(=O)NCCCOc1ccc(-c2ncn[n-]2)cc1.CF.[Pd]. The van der Waals surface area contributed by atoms with Gasteiger partial charge in [-0.15, -0.1) is 0 Å². The van der Waals surface area contributed by atoms with Crippen LogP contribution < -0.4 is 15.2 Å². The molecule has 0 fully saturated rings. The van der Waals surface area contributed by atoms with Gasteiger partial charge in [-0.2, -0.15) is 0 Å². The van der Waals surface area contributed by atoms with Crippen LogP contribution in [-0.2, 0) is 25.2 Å². The number of carbonyl (C=O) groups is 1. The van der Waals surface area contributed by atoms with E-state index in [4.69, 9.17) is 9.47 Å². The second kappa shape index (κ2) is 20.3. The van der Waals surface area contributed by atoms with Gasteiger partial charge in [0.05, 0.1) is 13.8 Å². The van der Waals surface area contributed by atoms with Gasteiger partial charge in [0, 0.05) is 33.3 Å². The fourth-order valence-corrected chi connectivity index (χ4v) is 1.79. The van der Waals surface area contributed by atoms with Crippen LogP contribution >= 0.6 is 0 Å². The van der Waals surface area contributed by atoms with Crippen LogP contribution in [0.4, 0.5) is 9.18 Å². The molecule has 9 heteroatoms.